The van der Waals surface area contributed by atoms with Crippen molar-refractivity contribution in [2.24, 2.45) is 5.73 Å². The molecule has 0 aliphatic carbocycles. The predicted molar refractivity (Wildman–Crippen MR) is 37.7 cm³/mol. The van der Waals surface area contributed by atoms with Gasteiger partial charge in [-0.3, -0.25) is 4.79 Å². The summed E-state index contributed by atoms with van der Waals surface area (Å²) in [4.78, 5) is 10.5. The maximum atomic E-state index is 10.5. The Bertz CT molecular complexity index is 302. The van der Waals surface area contributed by atoms with Crippen LogP contribution >= 0.6 is 0 Å². The molecule has 1 aromatic heterocycles. The molecular formula is C6H9N3O2. The molecule has 0 fully saturated rings. The molecule has 0 saturated carbocycles. The van der Waals surface area contributed by atoms with E-state index in [9.17, 15) is 4.79 Å². The highest BCUT2D eigenvalue weighted by Gasteiger charge is 2.06. The number of hydrogen-bond acceptors (Lipinski definition) is 3. The van der Waals surface area contributed by atoms with E-state index in [0.29, 0.717) is 0 Å². The third kappa shape index (κ3) is 1.56. The van der Waals surface area contributed by atoms with E-state index in [4.69, 9.17) is 12.2 Å². The van der Waals surface area contributed by atoms with E-state index in [-0.39, 0.29) is 5.69 Å². The first-order valence-corrected chi connectivity index (χ1v) is 2.99. The molecule has 0 spiro atoms. The number of rotatable bonds is 2. The molecule has 1 rings (SSSR count). The molecule has 0 saturated heterocycles. The number of nitrogens with zero attached hydrogens (tertiary/aromatic N) is 2. The molecule has 1 heterocycles. The molecule has 11 heavy (non-hydrogen) atoms. The molecule has 1 atom stereocenters. The number of carbonyl (C=O) groups excluding carboxylic acids is 1. The molecule has 5 heteroatoms. The molecule has 60 valence electrons. The lowest BCUT2D eigenvalue weighted by Gasteiger charge is -2.01. The van der Waals surface area contributed by atoms with Crippen molar-refractivity contribution in [1.82, 2.24) is 9.78 Å². The van der Waals surface area contributed by atoms with Crippen LogP contribution in [0.1, 0.15) is 25.0 Å². The smallest absolute Gasteiger partial charge is 0.269 e. The molecule has 1 amide bonds. The van der Waals surface area contributed by atoms with Crippen molar-refractivity contribution in [2.75, 3.05) is 0 Å². The highest BCUT2D eigenvalue weighted by molar-refractivity contribution is 5.90. The van der Waals surface area contributed by atoms with Crippen LogP contribution in [-0.4, -0.2) is 20.8 Å². The molecule has 3 N–H and O–H groups in total. The van der Waals surface area contributed by atoms with Crippen molar-refractivity contribution in [3.05, 3.63) is 18.0 Å². The standard InChI is InChI=1S/C6H9N3O2/c1-4(10)9-3-2-5(8-9)6(7)11/h2-4,10H,1H3,(H2,7,11)/i4D. The molecule has 0 bridgehead atoms. The molecule has 0 aromatic carbocycles. The third-order valence-electron chi connectivity index (χ3n) is 1.17. The van der Waals surface area contributed by atoms with Crippen LogP contribution < -0.4 is 5.73 Å². The van der Waals surface area contributed by atoms with Crippen LogP contribution in [-0.2, 0) is 0 Å². The second-order valence-corrected chi connectivity index (χ2v) is 2.06. The maximum absolute atomic E-state index is 10.5. The van der Waals surface area contributed by atoms with E-state index >= 15 is 0 Å². The van der Waals surface area contributed by atoms with Crippen molar-refractivity contribution >= 4 is 5.91 Å². The van der Waals surface area contributed by atoms with Crippen molar-refractivity contribution in [3.63, 3.8) is 0 Å². The van der Waals surface area contributed by atoms with Gasteiger partial charge in [-0.25, -0.2) is 4.68 Å². The summed E-state index contributed by atoms with van der Waals surface area (Å²) in [5.74, 6) is -0.682. The summed E-state index contributed by atoms with van der Waals surface area (Å²) in [7, 11) is 0. The highest BCUT2D eigenvalue weighted by Crippen LogP contribution is 2.00. The number of carbonyl (C=O) groups is 1. The summed E-state index contributed by atoms with van der Waals surface area (Å²) in [6, 6.07) is 1.34. The van der Waals surface area contributed by atoms with E-state index in [1.54, 1.807) is 0 Å². The van der Waals surface area contributed by atoms with Crippen LogP contribution in [0.3, 0.4) is 0 Å². The van der Waals surface area contributed by atoms with Crippen LogP contribution in [0.5, 0.6) is 0 Å². The van der Waals surface area contributed by atoms with Crippen LogP contribution in [0, 0.1) is 0 Å². The van der Waals surface area contributed by atoms with Crippen LogP contribution in [0.2, 0.25) is 0 Å². The molecule has 0 aliphatic rings. The summed E-state index contributed by atoms with van der Waals surface area (Å²) in [5, 5.41) is 12.7. The fourth-order valence-electron chi connectivity index (χ4n) is 0.636. The summed E-state index contributed by atoms with van der Waals surface area (Å²) >= 11 is 0. The molecule has 1 unspecified atom stereocenters. The minimum Gasteiger partial charge on any atom is -0.372 e. The quantitative estimate of drug-likeness (QED) is 0.605. The van der Waals surface area contributed by atoms with E-state index in [1.807, 2.05) is 0 Å². The molecule has 0 radical (unpaired) electrons. The minimum atomic E-state index is -1.85. The molecule has 1 aromatic rings. The van der Waals surface area contributed by atoms with Gasteiger partial charge < -0.3 is 10.8 Å². The molecular weight excluding hydrogens is 146 g/mol. The topological polar surface area (TPSA) is 81.1 Å². The van der Waals surface area contributed by atoms with Crippen LogP contribution in [0.4, 0.5) is 0 Å². The Morgan fingerprint density at radius 1 is 2.09 bits per heavy atom. The zero-order valence-electron chi connectivity index (χ0n) is 6.98. The average molecular weight is 156 g/mol. The summed E-state index contributed by atoms with van der Waals surface area (Å²) < 4.78 is 8.07. The Hall–Kier alpha value is -1.36. The number of aromatic nitrogens is 2. The number of amides is 1. The van der Waals surface area contributed by atoms with E-state index in [2.05, 4.69) is 5.10 Å². The largest absolute Gasteiger partial charge is 0.372 e. The highest BCUT2D eigenvalue weighted by atomic mass is 16.3. The van der Waals surface area contributed by atoms with Gasteiger partial charge >= 0.3 is 0 Å². The lowest BCUT2D eigenvalue weighted by molar-refractivity contribution is 0.0978. The fraction of sp³-hybridized carbons (Fsp3) is 0.333. The number of primary amides is 1. The molecule has 5 nitrogen and oxygen atoms in total. The van der Waals surface area contributed by atoms with Gasteiger partial charge in [0, 0.05) is 6.20 Å². The van der Waals surface area contributed by atoms with Crippen molar-refractivity contribution in [3.8, 4) is 0 Å². The Morgan fingerprint density at radius 2 is 2.73 bits per heavy atom. The zero-order chi connectivity index (χ0) is 9.35. The van der Waals surface area contributed by atoms with Crippen molar-refractivity contribution < 1.29 is 11.3 Å². The van der Waals surface area contributed by atoms with Crippen molar-refractivity contribution in [2.45, 2.75) is 13.1 Å². The predicted octanol–water partition coefficient (Wildman–Crippen LogP) is -0.507. The zero-order valence-corrected chi connectivity index (χ0v) is 5.98. The minimum absolute atomic E-state index is 0.0301. The van der Waals surface area contributed by atoms with Gasteiger partial charge in [-0.1, -0.05) is 0 Å². The van der Waals surface area contributed by atoms with E-state index in [1.165, 1.54) is 19.2 Å². The van der Waals surface area contributed by atoms with Gasteiger partial charge in [-0.05, 0) is 13.0 Å². The van der Waals surface area contributed by atoms with Gasteiger partial charge in [0.25, 0.3) is 5.91 Å². The van der Waals surface area contributed by atoms with Gasteiger partial charge in [0.1, 0.15) is 11.9 Å². The Labute approximate surface area is 64.8 Å². The van der Waals surface area contributed by atoms with E-state index in [0.717, 1.165) is 4.68 Å². The van der Waals surface area contributed by atoms with E-state index < -0.39 is 12.1 Å². The van der Waals surface area contributed by atoms with Gasteiger partial charge in [0.15, 0.2) is 0 Å². The maximum Gasteiger partial charge on any atom is 0.269 e. The summed E-state index contributed by atoms with van der Waals surface area (Å²) in [6.45, 7) is 1.23. The Balaban J connectivity index is 3.00. The lowest BCUT2D eigenvalue weighted by atomic mass is 10.4. The number of hydrogen-bond donors (Lipinski definition) is 2. The Kier molecular flexibility index (Phi) is 1.57. The number of nitrogens with two attached hydrogens (primary N) is 1. The first-order chi connectivity index (χ1) is 5.41. The Morgan fingerprint density at radius 3 is 3.00 bits per heavy atom. The van der Waals surface area contributed by atoms with Gasteiger partial charge in [0.05, 0.1) is 1.37 Å². The average Bonchev–Trinajstić information content (AvgIpc) is 2.30. The first-order valence-electron chi connectivity index (χ1n) is 3.49. The monoisotopic (exact) mass is 156 g/mol. The SMILES string of the molecule is [2H]C(C)(O)n1ccc(C(N)=O)n1. The summed E-state index contributed by atoms with van der Waals surface area (Å²) in [5.41, 5.74) is 4.94. The van der Waals surface area contributed by atoms with Crippen molar-refractivity contribution in [1.29, 1.82) is 0 Å². The fourth-order valence-corrected chi connectivity index (χ4v) is 0.636. The number of aliphatic hydroxyl groups is 1. The third-order valence-corrected chi connectivity index (χ3v) is 1.17. The second kappa shape index (κ2) is 2.71. The summed E-state index contributed by atoms with van der Waals surface area (Å²) in [6.07, 6.45) is -0.541. The van der Waals surface area contributed by atoms with Crippen LogP contribution in [0.15, 0.2) is 12.3 Å². The first kappa shape index (κ1) is 6.36. The van der Waals surface area contributed by atoms with Gasteiger partial charge in [0.2, 0.25) is 0 Å². The van der Waals surface area contributed by atoms with Gasteiger partial charge in [-0.15, -0.1) is 0 Å². The normalized spacial score (nSPS) is 17.1. The van der Waals surface area contributed by atoms with Crippen LogP contribution in [0.25, 0.3) is 0 Å². The molecule has 0 aliphatic heterocycles. The second-order valence-electron chi connectivity index (χ2n) is 2.06. The van der Waals surface area contributed by atoms with Gasteiger partial charge in [-0.2, -0.15) is 5.10 Å². The lowest BCUT2D eigenvalue weighted by Crippen LogP contribution is -2.13.